The van der Waals surface area contributed by atoms with E-state index < -0.39 is 10.9 Å². The molecule has 7 nitrogen and oxygen atoms in total. The summed E-state index contributed by atoms with van der Waals surface area (Å²) in [6.45, 7) is 0.486. The van der Waals surface area contributed by atoms with Crippen molar-refractivity contribution in [1.82, 2.24) is 9.55 Å². The molecule has 0 aliphatic carbocycles. The van der Waals surface area contributed by atoms with Crippen molar-refractivity contribution in [2.45, 2.75) is 11.7 Å². The van der Waals surface area contributed by atoms with Gasteiger partial charge in [-0.3, -0.25) is 14.9 Å². The Hall–Kier alpha value is -2.35. The number of carbonyl (C=O) groups is 1. The van der Waals surface area contributed by atoms with Gasteiger partial charge >= 0.3 is 5.97 Å². The number of nitro benzene ring substituents is 1. The van der Waals surface area contributed by atoms with Crippen LogP contribution in [0.2, 0.25) is 0 Å². The van der Waals surface area contributed by atoms with Gasteiger partial charge in [-0.15, -0.1) is 0 Å². The molecule has 0 atom stereocenters. The molecule has 0 saturated heterocycles. The second kappa shape index (κ2) is 6.20. The zero-order valence-electron chi connectivity index (χ0n) is 10.3. The molecule has 0 aliphatic heterocycles. The fourth-order valence-corrected chi connectivity index (χ4v) is 2.28. The fourth-order valence-electron chi connectivity index (χ4n) is 1.60. The predicted molar refractivity (Wildman–Crippen MR) is 72.8 cm³/mol. The number of aromatic nitrogens is 2. The van der Waals surface area contributed by atoms with E-state index in [4.69, 9.17) is 5.11 Å². The number of rotatable bonds is 6. The van der Waals surface area contributed by atoms with Gasteiger partial charge in [0.15, 0.2) is 5.16 Å². The van der Waals surface area contributed by atoms with Crippen LogP contribution in [0.4, 0.5) is 5.69 Å². The second-order valence-electron chi connectivity index (χ2n) is 3.94. The highest BCUT2D eigenvalue weighted by Crippen LogP contribution is 2.18. The number of carboxylic acid groups (broad SMARTS) is 1. The maximum atomic E-state index is 10.6. The number of aliphatic carboxylic acids is 1. The number of hydrogen-bond acceptors (Lipinski definition) is 5. The molecule has 0 spiro atoms. The number of hydrogen-bond donors (Lipinski definition) is 1. The molecule has 8 heteroatoms. The van der Waals surface area contributed by atoms with Gasteiger partial charge in [-0.1, -0.05) is 23.9 Å². The highest BCUT2D eigenvalue weighted by Gasteiger charge is 2.08. The standard InChI is InChI=1S/C12H11N3O4S/c16-11(17)8-20-12-13-5-6-14(12)7-9-1-3-10(4-2-9)15(18)19/h1-6H,7-8H2,(H,16,17). The molecule has 0 bridgehead atoms. The summed E-state index contributed by atoms with van der Waals surface area (Å²) in [6, 6.07) is 6.22. The molecule has 20 heavy (non-hydrogen) atoms. The van der Waals surface area contributed by atoms with Crippen LogP contribution in [0.15, 0.2) is 41.8 Å². The van der Waals surface area contributed by atoms with Crippen LogP contribution in [0.1, 0.15) is 5.56 Å². The van der Waals surface area contributed by atoms with Gasteiger partial charge in [0, 0.05) is 31.1 Å². The third-order valence-corrected chi connectivity index (χ3v) is 3.49. The Labute approximate surface area is 118 Å². The molecule has 104 valence electrons. The summed E-state index contributed by atoms with van der Waals surface area (Å²) >= 11 is 1.13. The van der Waals surface area contributed by atoms with E-state index in [2.05, 4.69) is 4.98 Å². The van der Waals surface area contributed by atoms with E-state index in [9.17, 15) is 14.9 Å². The van der Waals surface area contributed by atoms with Crippen LogP contribution in [-0.4, -0.2) is 31.3 Å². The molecular formula is C12H11N3O4S. The summed E-state index contributed by atoms with van der Waals surface area (Å²) in [5, 5.41) is 19.8. The van der Waals surface area contributed by atoms with E-state index in [1.54, 1.807) is 29.1 Å². The zero-order valence-corrected chi connectivity index (χ0v) is 11.1. The Morgan fingerprint density at radius 3 is 2.70 bits per heavy atom. The van der Waals surface area contributed by atoms with E-state index in [0.717, 1.165) is 17.3 Å². The number of non-ortho nitro benzene ring substituents is 1. The lowest BCUT2D eigenvalue weighted by molar-refractivity contribution is -0.384. The summed E-state index contributed by atoms with van der Waals surface area (Å²) in [4.78, 5) is 24.7. The van der Waals surface area contributed by atoms with Crippen LogP contribution in [0, 0.1) is 10.1 Å². The van der Waals surface area contributed by atoms with E-state index in [-0.39, 0.29) is 11.4 Å². The van der Waals surface area contributed by atoms with Crippen molar-refractivity contribution in [1.29, 1.82) is 0 Å². The van der Waals surface area contributed by atoms with Crippen molar-refractivity contribution in [2.24, 2.45) is 0 Å². The topological polar surface area (TPSA) is 98.3 Å². The predicted octanol–water partition coefficient (Wildman–Crippen LogP) is 2.02. The minimum Gasteiger partial charge on any atom is -0.481 e. The maximum absolute atomic E-state index is 10.6. The molecule has 1 aromatic carbocycles. The van der Waals surface area contributed by atoms with Gasteiger partial charge in [0.25, 0.3) is 5.69 Å². The summed E-state index contributed by atoms with van der Waals surface area (Å²) in [7, 11) is 0. The third-order valence-electron chi connectivity index (χ3n) is 2.50. The molecule has 0 aliphatic rings. The quantitative estimate of drug-likeness (QED) is 0.497. The Morgan fingerprint density at radius 2 is 2.10 bits per heavy atom. The number of thioether (sulfide) groups is 1. The SMILES string of the molecule is O=C(O)CSc1nccn1Cc1ccc([N+](=O)[O-])cc1. The van der Waals surface area contributed by atoms with Crippen LogP contribution in [0.3, 0.4) is 0 Å². The van der Waals surface area contributed by atoms with Crippen molar-refractivity contribution >= 4 is 23.4 Å². The van der Waals surface area contributed by atoms with Crippen LogP contribution >= 0.6 is 11.8 Å². The first-order chi connectivity index (χ1) is 9.56. The minimum absolute atomic E-state index is 0.0415. The number of nitro groups is 1. The Bertz CT molecular complexity index is 624. The average Bonchev–Trinajstić information content (AvgIpc) is 2.84. The first kappa shape index (κ1) is 14.1. The molecule has 0 fully saturated rings. The van der Waals surface area contributed by atoms with Gasteiger partial charge in [0.05, 0.1) is 10.7 Å². The molecule has 1 N–H and O–H groups in total. The van der Waals surface area contributed by atoms with Crippen molar-refractivity contribution in [3.63, 3.8) is 0 Å². The lowest BCUT2D eigenvalue weighted by atomic mass is 10.2. The molecule has 2 rings (SSSR count). The van der Waals surface area contributed by atoms with Crippen LogP contribution < -0.4 is 0 Å². The van der Waals surface area contributed by atoms with Gasteiger partial charge in [0.2, 0.25) is 0 Å². The fraction of sp³-hybridized carbons (Fsp3) is 0.167. The number of benzene rings is 1. The van der Waals surface area contributed by atoms with Crippen molar-refractivity contribution in [2.75, 3.05) is 5.75 Å². The number of carboxylic acids is 1. The first-order valence-electron chi connectivity index (χ1n) is 5.65. The van der Waals surface area contributed by atoms with Crippen LogP contribution in [0.25, 0.3) is 0 Å². The molecule has 1 aromatic heterocycles. The van der Waals surface area contributed by atoms with Crippen molar-refractivity contribution in [3.8, 4) is 0 Å². The van der Waals surface area contributed by atoms with E-state index >= 15 is 0 Å². The molecule has 0 radical (unpaired) electrons. The van der Waals surface area contributed by atoms with Gasteiger partial charge in [-0.2, -0.15) is 0 Å². The van der Waals surface area contributed by atoms with Crippen molar-refractivity contribution < 1.29 is 14.8 Å². The second-order valence-corrected chi connectivity index (χ2v) is 4.89. The van der Waals surface area contributed by atoms with E-state index in [1.165, 1.54) is 12.1 Å². The normalized spacial score (nSPS) is 10.4. The molecule has 1 heterocycles. The smallest absolute Gasteiger partial charge is 0.313 e. The Morgan fingerprint density at radius 1 is 1.40 bits per heavy atom. The van der Waals surface area contributed by atoms with Gasteiger partial charge < -0.3 is 9.67 Å². The average molecular weight is 293 g/mol. The number of nitrogens with zero attached hydrogens (tertiary/aromatic N) is 3. The summed E-state index contributed by atoms with van der Waals surface area (Å²) < 4.78 is 1.80. The molecule has 2 aromatic rings. The molecule has 0 unspecified atom stereocenters. The summed E-state index contributed by atoms with van der Waals surface area (Å²) in [6.07, 6.45) is 3.33. The zero-order chi connectivity index (χ0) is 14.5. The largest absolute Gasteiger partial charge is 0.481 e. The van der Waals surface area contributed by atoms with Crippen LogP contribution in [-0.2, 0) is 11.3 Å². The van der Waals surface area contributed by atoms with Crippen LogP contribution in [0.5, 0.6) is 0 Å². The van der Waals surface area contributed by atoms with Crippen molar-refractivity contribution in [3.05, 3.63) is 52.3 Å². The van der Waals surface area contributed by atoms with Gasteiger partial charge in [-0.05, 0) is 5.56 Å². The lowest BCUT2D eigenvalue weighted by Crippen LogP contribution is -2.03. The highest BCUT2D eigenvalue weighted by atomic mass is 32.2. The summed E-state index contributed by atoms with van der Waals surface area (Å²) in [5.41, 5.74) is 0.922. The highest BCUT2D eigenvalue weighted by molar-refractivity contribution is 7.99. The third kappa shape index (κ3) is 3.58. The monoisotopic (exact) mass is 293 g/mol. The molecule has 0 amide bonds. The minimum atomic E-state index is -0.903. The van der Waals surface area contributed by atoms with E-state index in [1.807, 2.05) is 0 Å². The Balaban J connectivity index is 2.08. The van der Waals surface area contributed by atoms with E-state index in [0.29, 0.717) is 11.7 Å². The number of imidazole rings is 1. The van der Waals surface area contributed by atoms with Gasteiger partial charge in [0.1, 0.15) is 0 Å². The van der Waals surface area contributed by atoms with Gasteiger partial charge in [-0.25, -0.2) is 4.98 Å². The maximum Gasteiger partial charge on any atom is 0.313 e. The molecular weight excluding hydrogens is 282 g/mol. The molecule has 0 saturated carbocycles. The lowest BCUT2D eigenvalue weighted by Gasteiger charge is -2.06. The summed E-state index contributed by atoms with van der Waals surface area (Å²) in [5.74, 6) is -0.961. The Kier molecular flexibility index (Phi) is 4.36. The first-order valence-corrected chi connectivity index (χ1v) is 6.64.